The molecule has 174 valence electrons. The summed E-state index contributed by atoms with van der Waals surface area (Å²) in [5.74, 6) is -0.237. The van der Waals surface area contributed by atoms with Crippen molar-refractivity contribution >= 4 is 5.91 Å². The van der Waals surface area contributed by atoms with E-state index < -0.39 is 11.7 Å². The molecule has 1 saturated carbocycles. The second-order valence-corrected chi connectivity index (χ2v) is 8.40. The van der Waals surface area contributed by atoms with E-state index in [0.717, 1.165) is 76.8 Å². The number of alkyl halides is 3. The number of rotatable bonds is 11. The molecular formula is C24H35F3N2O2. The number of hydrogen-bond donors (Lipinski definition) is 0. The van der Waals surface area contributed by atoms with E-state index in [0.29, 0.717) is 0 Å². The molecule has 0 N–H and O–H groups in total. The lowest BCUT2D eigenvalue weighted by Crippen LogP contribution is -2.40. The number of hydrogen-bond acceptors (Lipinski definition) is 3. The third-order valence-electron chi connectivity index (χ3n) is 5.95. The molecule has 0 saturated heterocycles. The van der Waals surface area contributed by atoms with E-state index in [2.05, 4.69) is 18.5 Å². The van der Waals surface area contributed by atoms with E-state index in [9.17, 15) is 18.0 Å². The maximum Gasteiger partial charge on any atom is 0.416 e. The molecule has 0 spiro atoms. The minimum atomic E-state index is -4.40. The fourth-order valence-electron chi connectivity index (χ4n) is 3.99. The molecule has 1 amide bonds. The molecule has 0 heterocycles. The molecule has 1 aromatic rings. The molecule has 0 atom stereocenters. The molecule has 0 bridgehead atoms. The van der Waals surface area contributed by atoms with Crippen LogP contribution in [0.1, 0.15) is 60.9 Å². The van der Waals surface area contributed by atoms with Crippen molar-refractivity contribution in [2.24, 2.45) is 0 Å². The number of likely N-dealkylation sites (N-methyl/N-ethyl adjacent to an activating group) is 1. The molecule has 0 radical (unpaired) electrons. The molecule has 0 aliphatic heterocycles. The zero-order valence-electron chi connectivity index (χ0n) is 18.7. The van der Waals surface area contributed by atoms with Gasteiger partial charge in [0.25, 0.3) is 5.91 Å². The zero-order chi connectivity index (χ0) is 22.9. The summed E-state index contributed by atoms with van der Waals surface area (Å²) in [6.07, 6.45) is 4.58. The van der Waals surface area contributed by atoms with E-state index in [1.165, 1.54) is 12.1 Å². The Bertz CT molecular complexity index is 683. The minimum Gasteiger partial charge on any atom is -0.378 e. The molecule has 1 fully saturated rings. The highest BCUT2D eigenvalue weighted by molar-refractivity contribution is 5.94. The number of nitrogens with zero attached hydrogens (tertiary/aromatic N) is 2. The maximum atomic E-state index is 12.7. The van der Waals surface area contributed by atoms with Crippen molar-refractivity contribution in [1.82, 2.24) is 9.80 Å². The number of carbonyl (C=O) groups is 1. The summed E-state index contributed by atoms with van der Waals surface area (Å²) in [5, 5.41) is 0. The van der Waals surface area contributed by atoms with Crippen molar-refractivity contribution in [2.75, 3.05) is 33.8 Å². The van der Waals surface area contributed by atoms with Crippen LogP contribution in [0.5, 0.6) is 0 Å². The average molecular weight is 441 g/mol. The van der Waals surface area contributed by atoms with Crippen LogP contribution in [0.3, 0.4) is 0 Å². The number of carbonyl (C=O) groups excluding carboxylic acids is 1. The standard InChI is InChI=1S/C24H35F3N2O2/c1-4-16-28(2)17-6-5-7-18-31-22-14-12-21(13-15-22)29(3)23(30)19-8-10-20(11-9-19)24(25,26)27/h4,8-11,21-22H,1,5-7,12-18H2,2-3H3. The van der Waals surface area contributed by atoms with Gasteiger partial charge in [0.2, 0.25) is 0 Å². The molecule has 4 nitrogen and oxygen atoms in total. The van der Waals surface area contributed by atoms with E-state index in [4.69, 9.17) is 4.74 Å². The van der Waals surface area contributed by atoms with Crippen LogP contribution in [0.25, 0.3) is 0 Å². The second kappa shape index (κ2) is 12.2. The van der Waals surface area contributed by atoms with Crippen molar-refractivity contribution in [3.8, 4) is 0 Å². The Hall–Kier alpha value is -1.86. The molecule has 0 aromatic heterocycles. The quantitative estimate of drug-likeness (QED) is 0.342. The van der Waals surface area contributed by atoms with E-state index in [1.807, 2.05) is 6.08 Å². The molecule has 1 aliphatic rings. The highest BCUT2D eigenvalue weighted by atomic mass is 19.4. The summed E-state index contributed by atoms with van der Waals surface area (Å²) >= 11 is 0. The second-order valence-electron chi connectivity index (χ2n) is 8.40. The summed E-state index contributed by atoms with van der Waals surface area (Å²) in [7, 11) is 3.82. The van der Waals surface area contributed by atoms with Crippen LogP contribution < -0.4 is 0 Å². The van der Waals surface area contributed by atoms with Crippen molar-refractivity contribution in [3.05, 3.63) is 48.0 Å². The molecule has 0 unspecified atom stereocenters. The number of ether oxygens (including phenoxy) is 1. The monoisotopic (exact) mass is 440 g/mol. The summed E-state index contributed by atoms with van der Waals surface area (Å²) in [6, 6.07) is 4.53. The van der Waals surface area contributed by atoms with Gasteiger partial charge in [-0.1, -0.05) is 6.08 Å². The molecule has 7 heteroatoms. The van der Waals surface area contributed by atoms with Crippen molar-refractivity contribution < 1.29 is 22.7 Å². The van der Waals surface area contributed by atoms with Crippen LogP contribution in [0.4, 0.5) is 13.2 Å². The number of amides is 1. The summed E-state index contributed by atoms with van der Waals surface area (Å²) in [5.41, 5.74) is -0.458. The van der Waals surface area contributed by atoms with Crippen LogP contribution in [0.15, 0.2) is 36.9 Å². The van der Waals surface area contributed by atoms with Crippen molar-refractivity contribution in [2.45, 2.75) is 63.3 Å². The van der Waals surface area contributed by atoms with Gasteiger partial charge in [-0.15, -0.1) is 6.58 Å². The highest BCUT2D eigenvalue weighted by Gasteiger charge is 2.31. The first-order valence-electron chi connectivity index (χ1n) is 11.1. The van der Waals surface area contributed by atoms with E-state index in [1.54, 1.807) is 11.9 Å². The number of halogens is 3. The predicted molar refractivity (Wildman–Crippen MR) is 117 cm³/mol. The highest BCUT2D eigenvalue weighted by Crippen LogP contribution is 2.30. The summed E-state index contributed by atoms with van der Waals surface area (Å²) in [4.78, 5) is 16.6. The third kappa shape index (κ3) is 8.30. The lowest BCUT2D eigenvalue weighted by atomic mass is 9.91. The smallest absolute Gasteiger partial charge is 0.378 e. The SMILES string of the molecule is C=CCN(C)CCCCCOC1CCC(N(C)C(=O)c2ccc(C(F)(F)F)cc2)CC1. The molecule has 31 heavy (non-hydrogen) atoms. The predicted octanol–water partition coefficient (Wildman–Crippen LogP) is 5.39. The van der Waals surface area contributed by atoms with Gasteiger partial charge >= 0.3 is 6.18 Å². The molecule has 1 aliphatic carbocycles. The van der Waals surface area contributed by atoms with Crippen LogP contribution in [0.2, 0.25) is 0 Å². The van der Waals surface area contributed by atoms with Gasteiger partial charge in [0, 0.05) is 31.8 Å². The topological polar surface area (TPSA) is 32.8 Å². The first kappa shape index (κ1) is 25.4. The Morgan fingerprint density at radius 3 is 2.32 bits per heavy atom. The van der Waals surface area contributed by atoms with Gasteiger partial charge in [-0.25, -0.2) is 0 Å². The van der Waals surface area contributed by atoms with Crippen LogP contribution >= 0.6 is 0 Å². The summed E-state index contributed by atoms with van der Waals surface area (Å²) < 4.78 is 44.1. The normalized spacial score (nSPS) is 19.4. The van der Waals surface area contributed by atoms with Gasteiger partial charge < -0.3 is 14.5 Å². The van der Waals surface area contributed by atoms with Crippen LogP contribution in [-0.2, 0) is 10.9 Å². The van der Waals surface area contributed by atoms with Gasteiger partial charge in [-0.3, -0.25) is 4.79 Å². The van der Waals surface area contributed by atoms with Gasteiger partial charge in [0.1, 0.15) is 0 Å². The lowest BCUT2D eigenvalue weighted by molar-refractivity contribution is -0.137. The average Bonchev–Trinajstić information content (AvgIpc) is 2.75. The Balaban J connectivity index is 1.67. The Morgan fingerprint density at radius 2 is 1.74 bits per heavy atom. The van der Waals surface area contributed by atoms with E-state index in [-0.39, 0.29) is 23.6 Å². The Labute approximate surface area is 184 Å². The fraction of sp³-hybridized carbons (Fsp3) is 0.625. The first-order chi connectivity index (χ1) is 14.7. The largest absolute Gasteiger partial charge is 0.416 e. The van der Waals surface area contributed by atoms with E-state index >= 15 is 0 Å². The van der Waals surface area contributed by atoms with Gasteiger partial charge in [0.15, 0.2) is 0 Å². The molecule has 2 rings (SSSR count). The fourth-order valence-corrected chi connectivity index (χ4v) is 3.99. The maximum absolute atomic E-state index is 12.7. The molecule has 1 aromatic carbocycles. The summed E-state index contributed by atoms with van der Waals surface area (Å²) in [6.45, 7) is 6.48. The number of benzene rings is 1. The third-order valence-corrected chi connectivity index (χ3v) is 5.95. The first-order valence-corrected chi connectivity index (χ1v) is 11.1. The van der Waals surface area contributed by atoms with Gasteiger partial charge in [0.05, 0.1) is 11.7 Å². The van der Waals surface area contributed by atoms with Crippen LogP contribution in [-0.4, -0.2) is 61.6 Å². The lowest BCUT2D eigenvalue weighted by Gasteiger charge is -2.34. The van der Waals surface area contributed by atoms with Crippen LogP contribution in [0, 0.1) is 0 Å². The molecular weight excluding hydrogens is 405 g/mol. The zero-order valence-corrected chi connectivity index (χ0v) is 18.7. The number of unbranched alkanes of at least 4 members (excludes halogenated alkanes) is 2. The minimum absolute atomic E-state index is 0.0926. The van der Waals surface area contributed by atoms with Gasteiger partial charge in [-0.2, -0.15) is 13.2 Å². The Morgan fingerprint density at radius 1 is 1.10 bits per heavy atom. The van der Waals surface area contributed by atoms with Gasteiger partial charge in [-0.05, 0) is 82.8 Å². The Kier molecular flexibility index (Phi) is 10.0. The van der Waals surface area contributed by atoms with Crippen molar-refractivity contribution in [3.63, 3.8) is 0 Å². The van der Waals surface area contributed by atoms with Crippen molar-refractivity contribution in [1.29, 1.82) is 0 Å².